The lowest BCUT2D eigenvalue weighted by atomic mass is 9.92. The Morgan fingerprint density at radius 1 is 1.29 bits per heavy atom. The number of esters is 1. The van der Waals surface area contributed by atoms with Gasteiger partial charge in [0, 0.05) is 17.8 Å². The second-order valence-electron chi connectivity index (χ2n) is 5.57. The fraction of sp³-hybridized carbons (Fsp3) is 0.211. The average molecular weight is 320 g/mol. The van der Waals surface area contributed by atoms with E-state index >= 15 is 0 Å². The normalized spacial score (nSPS) is 16.2. The van der Waals surface area contributed by atoms with Gasteiger partial charge in [0.1, 0.15) is 0 Å². The van der Waals surface area contributed by atoms with Crippen LogP contribution in [0.5, 0.6) is 0 Å². The van der Waals surface area contributed by atoms with E-state index in [1.165, 1.54) is 7.11 Å². The van der Waals surface area contributed by atoms with Crippen molar-refractivity contribution in [2.75, 3.05) is 12.0 Å². The van der Waals surface area contributed by atoms with Gasteiger partial charge in [-0.15, -0.1) is 0 Å². The van der Waals surface area contributed by atoms with Crippen LogP contribution in [0, 0.1) is 11.3 Å². The van der Waals surface area contributed by atoms with Crippen molar-refractivity contribution in [3.63, 3.8) is 0 Å². The van der Waals surface area contributed by atoms with Crippen molar-refractivity contribution in [2.45, 2.75) is 18.9 Å². The third kappa shape index (κ3) is 2.74. The van der Waals surface area contributed by atoms with Crippen LogP contribution in [0.3, 0.4) is 0 Å². The Morgan fingerprint density at radius 2 is 2.04 bits per heavy atom. The molecule has 0 saturated heterocycles. The highest BCUT2D eigenvalue weighted by atomic mass is 16.5. The van der Waals surface area contributed by atoms with Crippen LogP contribution in [-0.4, -0.2) is 24.9 Å². The van der Waals surface area contributed by atoms with Crippen molar-refractivity contribution in [3.8, 4) is 6.07 Å². The van der Waals surface area contributed by atoms with Crippen LogP contribution in [0.1, 0.15) is 11.1 Å². The highest BCUT2D eigenvalue weighted by molar-refractivity contribution is 6.11. The summed E-state index contributed by atoms with van der Waals surface area (Å²) in [5.41, 5.74) is 3.21. The molecule has 0 amide bonds. The molecule has 2 aromatic carbocycles. The summed E-state index contributed by atoms with van der Waals surface area (Å²) in [5.74, 6) is -0.789. The van der Waals surface area contributed by atoms with Gasteiger partial charge in [0.25, 0.3) is 0 Å². The standard InChI is InChI=1S/C19H16N2O3/c1-24-19(23)18-17(22)12-14-11-13(9-10-20)7-8-16(14)21(18)15-5-3-2-4-6-15/h2-8,11,18H,9,12H2,1H3. The van der Waals surface area contributed by atoms with Crippen molar-refractivity contribution in [1.29, 1.82) is 5.26 Å². The minimum Gasteiger partial charge on any atom is -0.467 e. The maximum absolute atomic E-state index is 12.6. The molecule has 1 heterocycles. The van der Waals surface area contributed by atoms with E-state index in [2.05, 4.69) is 6.07 Å². The number of carbonyl (C=O) groups excluding carboxylic acids is 2. The molecule has 120 valence electrons. The molecule has 0 saturated carbocycles. The molecule has 5 nitrogen and oxygen atoms in total. The largest absolute Gasteiger partial charge is 0.467 e. The Balaban J connectivity index is 2.15. The number of hydrogen-bond donors (Lipinski definition) is 0. The van der Waals surface area contributed by atoms with Crippen LogP contribution in [0.4, 0.5) is 11.4 Å². The summed E-state index contributed by atoms with van der Waals surface area (Å²) in [6.45, 7) is 0. The first-order valence-corrected chi connectivity index (χ1v) is 7.59. The number of Topliss-reactive ketones (excluding diaryl/α,β-unsaturated/α-hetero) is 1. The topological polar surface area (TPSA) is 70.4 Å². The Labute approximate surface area is 140 Å². The predicted molar refractivity (Wildman–Crippen MR) is 88.9 cm³/mol. The third-order valence-electron chi connectivity index (χ3n) is 4.07. The fourth-order valence-corrected chi connectivity index (χ4v) is 3.01. The second kappa shape index (κ2) is 6.55. The average Bonchev–Trinajstić information content (AvgIpc) is 2.61. The van der Waals surface area contributed by atoms with Gasteiger partial charge in [0.2, 0.25) is 0 Å². The number of nitriles is 1. The number of nitrogens with zero attached hydrogens (tertiary/aromatic N) is 2. The highest BCUT2D eigenvalue weighted by Crippen LogP contribution is 2.36. The number of anilines is 2. The third-order valence-corrected chi connectivity index (χ3v) is 4.07. The molecule has 0 radical (unpaired) electrons. The van der Waals surface area contributed by atoms with Gasteiger partial charge in [0.05, 0.1) is 19.6 Å². The molecule has 1 atom stereocenters. The minimum absolute atomic E-state index is 0.150. The van der Waals surface area contributed by atoms with Gasteiger partial charge in [-0.05, 0) is 29.3 Å². The molecule has 24 heavy (non-hydrogen) atoms. The lowest BCUT2D eigenvalue weighted by Crippen LogP contribution is -2.49. The number of ether oxygens (including phenoxy) is 1. The van der Waals surface area contributed by atoms with Crippen molar-refractivity contribution >= 4 is 23.1 Å². The number of carbonyl (C=O) groups is 2. The minimum atomic E-state index is -0.994. The molecular formula is C19H16N2O3. The van der Waals surface area contributed by atoms with Gasteiger partial charge in [-0.25, -0.2) is 4.79 Å². The predicted octanol–water partition coefficient (Wildman–Crippen LogP) is 2.56. The Kier molecular flexibility index (Phi) is 4.30. The van der Waals surface area contributed by atoms with Crippen LogP contribution in [0.25, 0.3) is 0 Å². The lowest BCUT2D eigenvalue weighted by molar-refractivity contribution is -0.145. The van der Waals surface area contributed by atoms with Gasteiger partial charge in [0.15, 0.2) is 11.8 Å². The summed E-state index contributed by atoms with van der Waals surface area (Å²) in [4.78, 5) is 26.5. The first-order valence-electron chi connectivity index (χ1n) is 7.59. The highest BCUT2D eigenvalue weighted by Gasteiger charge is 2.39. The van der Waals surface area contributed by atoms with E-state index in [-0.39, 0.29) is 18.6 Å². The molecule has 3 rings (SSSR count). The van der Waals surface area contributed by atoms with E-state index in [1.807, 2.05) is 48.5 Å². The first kappa shape index (κ1) is 15.8. The quantitative estimate of drug-likeness (QED) is 0.642. The van der Waals surface area contributed by atoms with Crippen molar-refractivity contribution in [3.05, 3.63) is 59.7 Å². The number of benzene rings is 2. The van der Waals surface area contributed by atoms with E-state index in [0.29, 0.717) is 0 Å². The fourth-order valence-electron chi connectivity index (χ4n) is 3.01. The summed E-state index contributed by atoms with van der Waals surface area (Å²) >= 11 is 0. The molecule has 1 aliphatic rings. The van der Waals surface area contributed by atoms with Crippen molar-refractivity contribution in [1.82, 2.24) is 0 Å². The Hall–Kier alpha value is -3.13. The maximum Gasteiger partial charge on any atom is 0.336 e. The molecule has 0 aromatic heterocycles. The molecule has 0 aliphatic carbocycles. The Morgan fingerprint density at radius 3 is 2.71 bits per heavy atom. The molecule has 0 spiro atoms. The summed E-state index contributed by atoms with van der Waals surface area (Å²) < 4.78 is 4.84. The zero-order valence-corrected chi connectivity index (χ0v) is 13.2. The number of ketones is 1. The van der Waals surface area contributed by atoms with E-state index in [0.717, 1.165) is 22.5 Å². The zero-order chi connectivity index (χ0) is 17.1. The number of fused-ring (bicyclic) bond motifs is 1. The van der Waals surface area contributed by atoms with E-state index in [9.17, 15) is 9.59 Å². The molecule has 1 unspecified atom stereocenters. The number of hydrogen-bond acceptors (Lipinski definition) is 5. The molecule has 2 aromatic rings. The molecular weight excluding hydrogens is 304 g/mol. The second-order valence-corrected chi connectivity index (χ2v) is 5.57. The molecule has 0 fully saturated rings. The number of rotatable bonds is 3. The van der Waals surface area contributed by atoms with Gasteiger partial charge < -0.3 is 9.64 Å². The monoisotopic (exact) mass is 320 g/mol. The smallest absolute Gasteiger partial charge is 0.336 e. The number of para-hydroxylation sites is 1. The summed E-state index contributed by atoms with van der Waals surface area (Å²) in [5, 5.41) is 8.86. The molecule has 0 bridgehead atoms. The first-order chi connectivity index (χ1) is 11.7. The van der Waals surface area contributed by atoms with Crippen LogP contribution in [-0.2, 0) is 27.2 Å². The summed E-state index contributed by atoms with van der Waals surface area (Å²) in [7, 11) is 1.28. The van der Waals surface area contributed by atoms with Gasteiger partial charge in [-0.3, -0.25) is 4.79 Å². The molecule has 5 heteroatoms. The molecule has 1 aliphatic heterocycles. The molecule has 0 N–H and O–H groups in total. The van der Waals surface area contributed by atoms with Crippen LogP contribution in [0.2, 0.25) is 0 Å². The maximum atomic E-state index is 12.6. The van der Waals surface area contributed by atoms with Crippen LogP contribution >= 0.6 is 0 Å². The summed E-state index contributed by atoms with van der Waals surface area (Å²) in [6.07, 6.45) is 0.435. The van der Waals surface area contributed by atoms with Crippen LogP contribution in [0.15, 0.2) is 48.5 Å². The zero-order valence-electron chi connectivity index (χ0n) is 13.2. The van der Waals surface area contributed by atoms with Crippen molar-refractivity contribution < 1.29 is 14.3 Å². The van der Waals surface area contributed by atoms with E-state index in [1.54, 1.807) is 4.90 Å². The van der Waals surface area contributed by atoms with Gasteiger partial charge >= 0.3 is 5.97 Å². The van der Waals surface area contributed by atoms with E-state index < -0.39 is 12.0 Å². The van der Waals surface area contributed by atoms with Crippen LogP contribution < -0.4 is 4.90 Å². The van der Waals surface area contributed by atoms with Gasteiger partial charge in [-0.1, -0.05) is 30.3 Å². The SMILES string of the molecule is COC(=O)C1C(=O)Cc2cc(CC#N)ccc2N1c1ccccc1. The summed E-state index contributed by atoms with van der Waals surface area (Å²) in [6, 6.07) is 16.0. The van der Waals surface area contributed by atoms with Gasteiger partial charge in [-0.2, -0.15) is 5.26 Å². The lowest BCUT2D eigenvalue weighted by Gasteiger charge is -2.36. The van der Waals surface area contributed by atoms with E-state index in [4.69, 9.17) is 10.00 Å². The number of methoxy groups -OCH3 is 1. The van der Waals surface area contributed by atoms with Crippen molar-refractivity contribution in [2.24, 2.45) is 0 Å². The Bertz CT molecular complexity index is 824.